The van der Waals surface area contributed by atoms with Gasteiger partial charge < -0.3 is 5.32 Å². The molecule has 0 bridgehead atoms. The first-order valence-electron chi connectivity index (χ1n) is 6.00. The third-order valence-electron chi connectivity index (χ3n) is 3.44. The second-order valence-electron chi connectivity index (χ2n) is 4.55. The highest BCUT2D eigenvalue weighted by molar-refractivity contribution is 5.34. The Morgan fingerprint density at radius 2 is 1.78 bits per heavy atom. The van der Waals surface area contributed by atoms with Gasteiger partial charge in [0.1, 0.15) is 0 Å². The first kappa shape index (κ1) is 11.4. The van der Waals surface area contributed by atoms with Crippen LogP contribution in [-0.4, -0.2) is 0 Å². The van der Waals surface area contributed by atoms with Crippen molar-refractivity contribution < 1.29 is 8.78 Å². The molecule has 1 aliphatic rings. The van der Waals surface area contributed by atoms with Crippen LogP contribution in [0.5, 0.6) is 0 Å². The van der Waals surface area contributed by atoms with Crippen molar-refractivity contribution in [2.45, 2.75) is 19.0 Å². The molecule has 1 unspecified atom stereocenters. The summed E-state index contributed by atoms with van der Waals surface area (Å²) in [4.78, 5) is 0. The lowest BCUT2D eigenvalue weighted by Crippen LogP contribution is -2.29. The number of fused-ring (bicyclic) bond motifs is 1. The summed E-state index contributed by atoms with van der Waals surface area (Å²) in [6, 6.07) is 12.7. The van der Waals surface area contributed by atoms with Gasteiger partial charge >= 0.3 is 0 Å². The van der Waals surface area contributed by atoms with Crippen molar-refractivity contribution in [1.82, 2.24) is 5.32 Å². The molecule has 1 nitrogen and oxygen atoms in total. The minimum atomic E-state index is -0.762. The van der Waals surface area contributed by atoms with Crippen LogP contribution in [0.3, 0.4) is 0 Å². The molecule has 0 amide bonds. The van der Waals surface area contributed by atoms with Crippen LogP contribution in [0.25, 0.3) is 0 Å². The Morgan fingerprint density at radius 3 is 2.56 bits per heavy atom. The maximum Gasteiger partial charge on any atom is 0.162 e. The zero-order chi connectivity index (χ0) is 12.5. The molecule has 1 heterocycles. The molecule has 0 aliphatic carbocycles. The van der Waals surface area contributed by atoms with E-state index in [2.05, 4.69) is 5.32 Å². The van der Waals surface area contributed by atoms with Gasteiger partial charge in [-0.2, -0.15) is 0 Å². The van der Waals surface area contributed by atoms with E-state index in [1.54, 1.807) is 6.07 Å². The van der Waals surface area contributed by atoms with E-state index in [-0.39, 0.29) is 6.04 Å². The van der Waals surface area contributed by atoms with E-state index in [1.807, 2.05) is 30.3 Å². The van der Waals surface area contributed by atoms with Gasteiger partial charge in [-0.15, -0.1) is 0 Å². The van der Waals surface area contributed by atoms with Crippen LogP contribution < -0.4 is 5.32 Å². The maximum atomic E-state index is 13.8. The standard InChI is InChI=1S/C15H13F2N/c16-13-7-6-11-9-18-14(8-12(11)15(13)17)10-4-2-1-3-5-10/h1-7,14,18H,8-9H2. The van der Waals surface area contributed by atoms with Crippen molar-refractivity contribution in [3.8, 4) is 0 Å². The molecule has 2 aromatic rings. The summed E-state index contributed by atoms with van der Waals surface area (Å²) in [6.07, 6.45) is 0.489. The van der Waals surface area contributed by atoms with Gasteiger partial charge in [-0.25, -0.2) is 8.78 Å². The number of rotatable bonds is 1. The molecular formula is C15H13F2N. The average molecular weight is 245 g/mol. The van der Waals surface area contributed by atoms with Gasteiger partial charge in [-0.1, -0.05) is 36.4 Å². The maximum absolute atomic E-state index is 13.8. The highest BCUT2D eigenvalue weighted by Crippen LogP contribution is 2.28. The van der Waals surface area contributed by atoms with E-state index in [0.717, 1.165) is 11.1 Å². The van der Waals surface area contributed by atoms with Gasteiger partial charge in [0.25, 0.3) is 0 Å². The minimum absolute atomic E-state index is 0.0509. The first-order chi connectivity index (χ1) is 8.75. The van der Waals surface area contributed by atoms with E-state index in [1.165, 1.54) is 6.07 Å². The fourth-order valence-electron chi connectivity index (χ4n) is 2.45. The molecule has 92 valence electrons. The summed E-state index contributed by atoms with van der Waals surface area (Å²) in [5.41, 5.74) is 2.45. The van der Waals surface area contributed by atoms with Crippen LogP contribution in [-0.2, 0) is 13.0 Å². The van der Waals surface area contributed by atoms with E-state index in [0.29, 0.717) is 18.5 Å². The van der Waals surface area contributed by atoms with Crippen molar-refractivity contribution in [3.05, 3.63) is 70.8 Å². The monoisotopic (exact) mass is 245 g/mol. The Balaban J connectivity index is 1.96. The third-order valence-corrected chi connectivity index (χ3v) is 3.44. The second kappa shape index (κ2) is 4.50. The molecule has 1 N–H and O–H groups in total. The smallest absolute Gasteiger partial charge is 0.162 e. The summed E-state index contributed by atoms with van der Waals surface area (Å²) in [5.74, 6) is -1.46. The summed E-state index contributed by atoms with van der Waals surface area (Å²) in [6.45, 7) is 0.575. The fourth-order valence-corrected chi connectivity index (χ4v) is 2.45. The van der Waals surface area contributed by atoms with Crippen molar-refractivity contribution >= 4 is 0 Å². The van der Waals surface area contributed by atoms with Crippen molar-refractivity contribution in [3.63, 3.8) is 0 Å². The van der Waals surface area contributed by atoms with Gasteiger partial charge in [0, 0.05) is 12.6 Å². The molecule has 2 aromatic carbocycles. The Kier molecular flexibility index (Phi) is 2.84. The molecule has 0 saturated heterocycles. The molecule has 0 spiro atoms. The van der Waals surface area contributed by atoms with E-state index >= 15 is 0 Å². The van der Waals surface area contributed by atoms with Crippen LogP contribution in [0.15, 0.2) is 42.5 Å². The molecule has 0 radical (unpaired) electrons. The lowest BCUT2D eigenvalue weighted by Gasteiger charge is -2.27. The highest BCUT2D eigenvalue weighted by atomic mass is 19.2. The van der Waals surface area contributed by atoms with Crippen molar-refractivity contribution in [2.24, 2.45) is 0 Å². The molecule has 1 atom stereocenters. The minimum Gasteiger partial charge on any atom is -0.306 e. The zero-order valence-corrected chi connectivity index (χ0v) is 9.79. The molecular weight excluding hydrogens is 232 g/mol. The SMILES string of the molecule is Fc1ccc2c(c1F)CC(c1ccccc1)NC2. The molecule has 3 heteroatoms. The van der Waals surface area contributed by atoms with Gasteiger partial charge in [0.15, 0.2) is 11.6 Å². The molecule has 1 aliphatic heterocycles. The molecule has 0 saturated carbocycles. The van der Waals surface area contributed by atoms with Crippen LogP contribution in [0, 0.1) is 11.6 Å². The molecule has 0 aromatic heterocycles. The number of hydrogen-bond donors (Lipinski definition) is 1. The Hall–Kier alpha value is -1.74. The van der Waals surface area contributed by atoms with Gasteiger partial charge in [0.05, 0.1) is 0 Å². The van der Waals surface area contributed by atoms with E-state index in [9.17, 15) is 8.78 Å². The van der Waals surface area contributed by atoms with Gasteiger partial charge in [-0.05, 0) is 29.2 Å². The normalized spacial score (nSPS) is 18.4. The van der Waals surface area contributed by atoms with Gasteiger partial charge in [-0.3, -0.25) is 0 Å². The molecule has 3 rings (SSSR count). The Bertz CT molecular complexity index is 566. The average Bonchev–Trinajstić information content (AvgIpc) is 2.44. The fraction of sp³-hybridized carbons (Fsp3) is 0.200. The summed E-state index contributed by atoms with van der Waals surface area (Å²) < 4.78 is 27.0. The number of halogens is 2. The largest absolute Gasteiger partial charge is 0.306 e. The van der Waals surface area contributed by atoms with Crippen LogP contribution in [0.4, 0.5) is 8.78 Å². The van der Waals surface area contributed by atoms with Gasteiger partial charge in [0.2, 0.25) is 0 Å². The lowest BCUT2D eigenvalue weighted by molar-refractivity contribution is 0.450. The summed E-state index contributed by atoms with van der Waals surface area (Å²) >= 11 is 0. The summed E-state index contributed by atoms with van der Waals surface area (Å²) in [5, 5.41) is 3.35. The first-order valence-corrected chi connectivity index (χ1v) is 6.00. The molecule has 18 heavy (non-hydrogen) atoms. The van der Waals surface area contributed by atoms with E-state index < -0.39 is 11.6 Å². The topological polar surface area (TPSA) is 12.0 Å². The predicted octanol–water partition coefficient (Wildman–Crippen LogP) is 3.35. The van der Waals surface area contributed by atoms with Crippen LogP contribution in [0.2, 0.25) is 0 Å². The lowest BCUT2D eigenvalue weighted by atomic mass is 9.91. The number of nitrogens with one attached hydrogen (secondary N) is 1. The summed E-state index contributed by atoms with van der Waals surface area (Å²) in [7, 11) is 0. The third kappa shape index (κ3) is 1.91. The molecule has 0 fully saturated rings. The predicted molar refractivity (Wildman–Crippen MR) is 66.1 cm³/mol. The van der Waals surface area contributed by atoms with E-state index in [4.69, 9.17) is 0 Å². The Labute approximate surface area is 104 Å². The van der Waals surface area contributed by atoms with Crippen LogP contribution in [0.1, 0.15) is 22.7 Å². The quantitative estimate of drug-likeness (QED) is 0.812. The number of hydrogen-bond acceptors (Lipinski definition) is 1. The highest BCUT2D eigenvalue weighted by Gasteiger charge is 2.23. The van der Waals surface area contributed by atoms with Crippen LogP contribution >= 0.6 is 0 Å². The zero-order valence-electron chi connectivity index (χ0n) is 9.79. The van der Waals surface area contributed by atoms with Crippen molar-refractivity contribution in [1.29, 1.82) is 0 Å². The number of benzene rings is 2. The van der Waals surface area contributed by atoms with Crippen molar-refractivity contribution in [2.75, 3.05) is 0 Å². The second-order valence-corrected chi connectivity index (χ2v) is 4.55. The Morgan fingerprint density at radius 1 is 1.00 bits per heavy atom.